The van der Waals surface area contributed by atoms with E-state index in [4.69, 9.17) is 16.2 Å². The van der Waals surface area contributed by atoms with Crippen LogP contribution in [0.15, 0.2) is 24.3 Å². The third-order valence-corrected chi connectivity index (χ3v) is 1.55. The third-order valence-electron chi connectivity index (χ3n) is 1.55. The van der Waals surface area contributed by atoms with E-state index in [0.29, 0.717) is 0 Å². The van der Waals surface area contributed by atoms with Crippen molar-refractivity contribution in [3.05, 3.63) is 29.8 Å². The summed E-state index contributed by atoms with van der Waals surface area (Å²) < 4.78 is 26.0. The molecule has 13 heavy (non-hydrogen) atoms. The largest absolute Gasteiger partial charge is 0.508 e. The quantitative estimate of drug-likeness (QED) is 0.483. The first-order valence-corrected chi connectivity index (χ1v) is 3.46. The van der Waals surface area contributed by atoms with E-state index < -0.39 is 17.3 Å². The van der Waals surface area contributed by atoms with E-state index in [-0.39, 0.29) is 5.75 Å². The maximum atomic E-state index is 13.0. The normalized spacial score (nSPS) is 11.2. The minimum Gasteiger partial charge on any atom is -0.508 e. The van der Waals surface area contributed by atoms with Gasteiger partial charge in [-0.05, 0) is 12.1 Å². The summed E-state index contributed by atoms with van der Waals surface area (Å²) in [6.45, 7) is 0. The molecule has 1 aromatic carbocycles. The molecule has 0 fully saturated rings. The second-order valence-electron chi connectivity index (χ2n) is 2.54. The Labute approximate surface area is 73.3 Å². The highest BCUT2D eigenvalue weighted by molar-refractivity contribution is 5.85. The monoisotopic (exact) mass is 186 g/mol. The summed E-state index contributed by atoms with van der Waals surface area (Å²) in [6, 6.07) is 4.50. The number of halogens is 2. The fourth-order valence-electron chi connectivity index (χ4n) is 0.857. The zero-order valence-electron chi connectivity index (χ0n) is 6.59. The van der Waals surface area contributed by atoms with Gasteiger partial charge in [0, 0.05) is 5.56 Å². The van der Waals surface area contributed by atoms with Crippen LogP contribution in [-0.4, -0.2) is 10.9 Å². The Kier molecular flexibility index (Phi) is 2.18. The van der Waals surface area contributed by atoms with Crippen LogP contribution in [0.1, 0.15) is 5.56 Å². The molecule has 0 spiro atoms. The molecule has 0 saturated heterocycles. The van der Waals surface area contributed by atoms with Crippen molar-refractivity contribution in [3.8, 4) is 5.75 Å². The van der Waals surface area contributed by atoms with E-state index in [2.05, 4.69) is 0 Å². The van der Waals surface area contributed by atoms with Gasteiger partial charge < -0.3 is 10.8 Å². The zero-order valence-corrected chi connectivity index (χ0v) is 6.59. The summed E-state index contributed by atoms with van der Waals surface area (Å²) >= 11 is 0. The Bertz CT molecular complexity index is 339. The van der Waals surface area contributed by atoms with Gasteiger partial charge in [0.25, 0.3) is 0 Å². The van der Waals surface area contributed by atoms with Crippen LogP contribution in [0, 0.1) is 5.41 Å². The van der Waals surface area contributed by atoms with Gasteiger partial charge in [-0.25, -0.2) is 0 Å². The highest BCUT2D eigenvalue weighted by atomic mass is 19.3. The van der Waals surface area contributed by atoms with Gasteiger partial charge in [0.05, 0.1) is 0 Å². The Balaban J connectivity index is 3.14. The minimum absolute atomic E-state index is 0.279. The maximum absolute atomic E-state index is 13.0. The molecule has 0 aliphatic heterocycles. The molecule has 5 heteroatoms. The number of hydrogen-bond acceptors (Lipinski definition) is 2. The van der Waals surface area contributed by atoms with Gasteiger partial charge in [0.1, 0.15) is 5.75 Å². The second-order valence-corrected chi connectivity index (χ2v) is 2.54. The molecular weight excluding hydrogens is 178 g/mol. The first kappa shape index (κ1) is 9.44. The van der Waals surface area contributed by atoms with Gasteiger partial charge in [0.2, 0.25) is 0 Å². The number of benzene rings is 1. The van der Waals surface area contributed by atoms with Crippen LogP contribution in [0.5, 0.6) is 5.75 Å². The van der Waals surface area contributed by atoms with Gasteiger partial charge in [-0.1, -0.05) is 12.1 Å². The lowest BCUT2D eigenvalue weighted by molar-refractivity contribution is 0.0732. The average molecular weight is 186 g/mol. The van der Waals surface area contributed by atoms with Crippen LogP contribution < -0.4 is 5.73 Å². The number of amidine groups is 1. The highest BCUT2D eigenvalue weighted by Gasteiger charge is 2.35. The summed E-state index contributed by atoms with van der Waals surface area (Å²) in [5, 5.41) is 15.6. The number of nitrogens with one attached hydrogen (secondary N) is 1. The van der Waals surface area contributed by atoms with E-state index in [1.54, 1.807) is 0 Å². The fraction of sp³-hybridized carbons (Fsp3) is 0.125. The van der Waals surface area contributed by atoms with Crippen molar-refractivity contribution in [1.29, 1.82) is 5.41 Å². The number of aromatic hydroxyl groups is 1. The molecular formula is C8H8F2N2O. The van der Waals surface area contributed by atoms with Crippen molar-refractivity contribution in [3.63, 3.8) is 0 Å². The third kappa shape index (κ3) is 1.74. The van der Waals surface area contributed by atoms with E-state index in [0.717, 1.165) is 12.1 Å². The number of hydrogen-bond donors (Lipinski definition) is 3. The minimum atomic E-state index is -3.52. The molecule has 0 unspecified atom stereocenters. The molecule has 0 bridgehead atoms. The first-order valence-electron chi connectivity index (χ1n) is 3.46. The summed E-state index contributed by atoms with van der Waals surface area (Å²) in [7, 11) is 0. The molecule has 0 aliphatic rings. The topological polar surface area (TPSA) is 70.1 Å². The van der Waals surface area contributed by atoms with Gasteiger partial charge in [-0.2, -0.15) is 8.78 Å². The lowest BCUT2D eigenvalue weighted by atomic mass is 10.1. The van der Waals surface area contributed by atoms with Crippen LogP contribution in [-0.2, 0) is 5.92 Å². The Morgan fingerprint density at radius 3 is 2.54 bits per heavy atom. The van der Waals surface area contributed by atoms with E-state index in [1.165, 1.54) is 12.1 Å². The van der Waals surface area contributed by atoms with Crippen LogP contribution in [0.25, 0.3) is 0 Å². The van der Waals surface area contributed by atoms with E-state index in [9.17, 15) is 8.78 Å². The van der Waals surface area contributed by atoms with Gasteiger partial charge in [-0.15, -0.1) is 0 Å². The van der Waals surface area contributed by atoms with Crippen molar-refractivity contribution < 1.29 is 13.9 Å². The molecule has 0 aromatic heterocycles. The van der Waals surface area contributed by atoms with Gasteiger partial charge in [0.15, 0.2) is 5.84 Å². The average Bonchev–Trinajstić information content (AvgIpc) is 2.04. The molecule has 0 heterocycles. The van der Waals surface area contributed by atoms with Crippen LogP contribution >= 0.6 is 0 Å². The van der Waals surface area contributed by atoms with Crippen molar-refractivity contribution in [2.24, 2.45) is 5.73 Å². The van der Waals surface area contributed by atoms with Crippen LogP contribution in [0.4, 0.5) is 8.78 Å². The van der Waals surface area contributed by atoms with Crippen LogP contribution in [0.3, 0.4) is 0 Å². The van der Waals surface area contributed by atoms with E-state index >= 15 is 0 Å². The second kappa shape index (κ2) is 3.01. The number of rotatable bonds is 2. The van der Waals surface area contributed by atoms with Crippen molar-refractivity contribution in [2.75, 3.05) is 0 Å². The van der Waals surface area contributed by atoms with Gasteiger partial charge >= 0.3 is 5.92 Å². The zero-order chi connectivity index (χ0) is 10.1. The number of alkyl halides is 2. The molecule has 0 saturated carbocycles. The summed E-state index contributed by atoms with van der Waals surface area (Å²) in [5.41, 5.74) is 4.22. The smallest absolute Gasteiger partial charge is 0.328 e. The predicted octanol–water partition coefficient (Wildman–Crippen LogP) is 1.42. The molecule has 0 aliphatic carbocycles. The van der Waals surface area contributed by atoms with E-state index in [1.807, 2.05) is 0 Å². The Morgan fingerprint density at radius 2 is 2.08 bits per heavy atom. The van der Waals surface area contributed by atoms with Crippen molar-refractivity contribution in [1.82, 2.24) is 0 Å². The lowest BCUT2D eigenvalue weighted by Gasteiger charge is -2.14. The lowest BCUT2D eigenvalue weighted by Crippen LogP contribution is -2.32. The SMILES string of the molecule is N=C(N)C(F)(F)c1cccc(O)c1. The molecule has 0 radical (unpaired) electrons. The van der Waals surface area contributed by atoms with Crippen LogP contribution in [0.2, 0.25) is 0 Å². The summed E-state index contributed by atoms with van der Waals surface area (Å²) in [6.07, 6.45) is 0. The number of phenols is 1. The summed E-state index contributed by atoms with van der Waals surface area (Å²) in [4.78, 5) is 0. The number of phenolic OH excluding ortho intramolecular Hbond substituents is 1. The Hall–Kier alpha value is -1.65. The fourth-order valence-corrected chi connectivity index (χ4v) is 0.857. The Morgan fingerprint density at radius 1 is 1.46 bits per heavy atom. The molecule has 4 N–H and O–H groups in total. The standard InChI is InChI=1S/C8H8F2N2O/c9-8(10,7(11)12)5-2-1-3-6(13)4-5/h1-4,13H,(H3,11,12). The molecule has 3 nitrogen and oxygen atoms in total. The molecule has 1 rings (SSSR count). The molecule has 1 aromatic rings. The molecule has 0 atom stereocenters. The molecule has 70 valence electrons. The predicted molar refractivity (Wildman–Crippen MR) is 43.9 cm³/mol. The van der Waals surface area contributed by atoms with Crippen molar-refractivity contribution in [2.45, 2.75) is 5.92 Å². The molecule has 0 amide bonds. The first-order chi connectivity index (χ1) is 5.94. The number of nitrogens with two attached hydrogens (primary N) is 1. The maximum Gasteiger partial charge on any atom is 0.328 e. The van der Waals surface area contributed by atoms with Gasteiger partial charge in [-0.3, -0.25) is 5.41 Å². The van der Waals surface area contributed by atoms with Crippen molar-refractivity contribution >= 4 is 5.84 Å². The highest BCUT2D eigenvalue weighted by Crippen LogP contribution is 2.29. The summed E-state index contributed by atoms with van der Waals surface area (Å²) in [5.74, 6) is -5.03.